The molecular weight excluding hydrogens is 242 g/mol. The molecule has 19 heavy (non-hydrogen) atoms. The Balaban J connectivity index is 1.57. The van der Waals surface area contributed by atoms with Gasteiger partial charge in [0.15, 0.2) is 0 Å². The summed E-state index contributed by atoms with van der Waals surface area (Å²) in [5, 5.41) is 9.20. The monoisotopic (exact) mass is 261 g/mol. The second-order valence-corrected chi connectivity index (χ2v) is 5.46. The molecule has 4 nitrogen and oxygen atoms in total. The van der Waals surface area contributed by atoms with Crippen molar-refractivity contribution < 1.29 is 14.6 Å². The highest BCUT2D eigenvalue weighted by molar-refractivity contribution is 5.66. The molecule has 1 aromatic carbocycles. The van der Waals surface area contributed by atoms with Crippen molar-refractivity contribution in [2.24, 2.45) is 0 Å². The number of ether oxygens (including phenoxy) is 1. The normalized spacial score (nSPS) is 29.5. The van der Waals surface area contributed by atoms with E-state index in [1.54, 1.807) is 4.90 Å². The van der Waals surface area contributed by atoms with Crippen molar-refractivity contribution in [2.75, 3.05) is 0 Å². The molecule has 2 bridgehead atoms. The number of piperidine rings is 1. The third-order valence-corrected chi connectivity index (χ3v) is 4.24. The van der Waals surface area contributed by atoms with Crippen molar-refractivity contribution in [3.8, 4) is 0 Å². The zero-order valence-corrected chi connectivity index (χ0v) is 10.9. The highest BCUT2D eigenvalue weighted by Crippen LogP contribution is 2.37. The molecule has 0 radical (unpaired) electrons. The van der Waals surface area contributed by atoms with Gasteiger partial charge in [-0.25, -0.2) is 4.79 Å². The Morgan fingerprint density at radius 2 is 1.84 bits per heavy atom. The molecule has 4 heteroatoms. The van der Waals surface area contributed by atoms with Crippen LogP contribution in [-0.2, 0) is 11.3 Å². The molecule has 1 unspecified atom stereocenters. The van der Waals surface area contributed by atoms with Crippen LogP contribution in [0.5, 0.6) is 0 Å². The number of nitrogens with zero attached hydrogens (tertiary/aromatic N) is 1. The highest BCUT2D eigenvalue weighted by atomic mass is 16.5. The fourth-order valence-electron chi connectivity index (χ4n) is 3.36. The molecule has 0 saturated carbocycles. The molecule has 2 saturated heterocycles. The maximum absolute atomic E-state index is 11.2. The molecule has 0 spiro atoms. The number of fused-ring (bicyclic) bond motifs is 2. The van der Waals surface area contributed by atoms with E-state index in [4.69, 9.17) is 4.74 Å². The minimum atomic E-state index is -0.769. The number of benzene rings is 1. The van der Waals surface area contributed by atoms with E-state index in [0.717, 1.165) is 25.7 Å². The predicted molar refractivity (Wildman–Crippen MR) is 70.9 cm³/mol. The van der Waals surface area contributed by atoms with Gasteiger partial charge in [0.1, 0.15) is 0 Å². The largest absolute Gasteiger partial charge is 0.465 e. The predicted octanol–water partition coefficient (Wildman–Crippen LogP) is 2.88. The fourth-order valence-corrected chi connectivity index (χ4v) is 3.36. The summed E-state index contributed by atoms with van der Waals surface area (Å²) in [7, 11) is 0. The van der Waals surface area contributed by atoms with E-state index in [0.29, 0.717) is 6.61 Å². The first kappa shape index (κ1) is 12.5. The molecule has 2 heterocycles. The molecule has 1 amide bonds. The number of hydrogen-bond donors (Lipinski definition) is 1. The molecule has 102 valence electrons. The summed E-state index contributed by atoms with van der Waals surface area (Å²) in [6.45, 7) is 0.623. The quantitative estimate of drug-likeness (QED) is 0.910. The summed E-state index contributed by atoms with van der Waals surface area (Å²) in [5.41, 5.74) is 1.18. The number of hydrogen-bond acceptors (Lipinski definition) is 2. The Morgan fingerprint density at radius 3 is 2.42 bits per heavy atom. The van der Waals surface area contributed by atoms with Gasteiger partial charge in [-0.2, -0.15) is 0 Å². The van der Waals surface area contributed by atoms with E-state index in [-0.39, 0.29) is 18.2 Å². The fraction of sp³-hybridized carbons (Fsp3) is 0.533. The maximum atomic E-state index is 11.2. The van der Waals surface area contributed by atoms with Crippen LogP contribution in [0.15, 0.2) is 30.3 Å². The zero-order valence-electron chi connectivity index (χ0n) is 10.9. The lowest BCUT2D eigenvalue weighted by Gasteiger charge is -2.36. The molecule has 2 aliphatic rings. The molecule has 3 atom stereocenters. The van der Waals surface area contributed by atoms with E-state index in [2.05, 4.69) is 12.1 Å². The topological polar surface area (TPSA) is 49.8 Å². The van der Waals surface area contributed by atoms with Gasteiger partial charge in [0.05, 0.1) is 12.7 Å². The Morgan fingerprint density at radius 1 is 1.21 bits per heavy atom. The van der Waals surface area contributed by atoms with Gasteiger partial charge in [-0.05, 0) is 31.2 Å². The molecule has 1 N–H and O–H groups in total. The molecular formula is C15H19NO3. The average Bonchev–Trinajstić information content (AvgIpc) is 2.70. The first-order valence-electron chi connectivity index (χ1n) is 6.91. The van der Waals surface area contributed by atoms with Crippen molar-refractivity contribution in [2.45, 2.75) is 50.5 Å². The lowest BCUT2D eigenvalue weighted by molar-refractivity contribution is -0.0225. The van der Waals surface area contributed by atoms with Crippen molar-refractivity contribution in [1.29, 1.82) is 0 Å². The van der Waals surface area contributed by atoms with Crippen LogP contribution in [0, 0.1) is 0 Å². The Bertz CT molecular complexity index is 434. The van der Waals surface area contributed by atoms with Crippen LogP contribution in [-0.4, -0.2) is 34.3 Å². The third-order valence-electron chi connectivity index (χ3n) is 4.24. The second kappa shape index (κ2) is 5.21. The summed E-state index contributed by atoms with van der Waals surface area (Å²) in [4.78, 5) is 12.8. The summed E-state index contributed by atoms with van der Waals surface area (Å²) < 4.78 is 5.96. The van der Waals surface area contributed by atoms with Gasteiger partial charge in [-0.3, -0.25) is 0 Å². The Hall–Kier alpha value is -1.55. The second-order valence-electron chi connectivity index (χ2n) is 5.46. The van der Waals surface area contributed by atoms with Crippen LogP contribution in [0.2, 0.25) is 0 Å². The van der Waals surface area contributed by atoms with E-state index in [9.17, 15) is 9.90 Å². The van der Waals surface area contributed by atoms with Crippen molar-refractivity contribution in [3.05, 3.63) is 35.9 Å². The number of amides is 1. The van der Waals surface area contributed by atoms with Crippen LogP contribution in [0.3, 0.4) is 0 Å². The van der Waals surface area contributed by atoms with E-state index >= 15 is 0 Å². The van der Waals surface area contributed by atoms with E-state index in [1.807, 2.05) is 18.2 Å². The van der Waals surface area contributed by atoms with Crippen LogP contribution in [0.1, 0.15) is 31.2 Å². The molecule has 2 fully saturated rings. The van der Waals surface area contributed by atoms with E-state index < -0.39 is 6.09 Å². The Kier molecular flexibility index (Phi) is 3.42. The summed E-state index contributed by atoms with van der Waals surface area (Å²) in [6, 6.07) is 10.5. The SMILES string of the molecule is O=C(O)N1[C@@H]2CC[C@H]1CC(OCc1ccccc1)C2. The third kappa shape index (κ3) is 2.59. The average molecular weight is 261 g/mol. The highest BCUT2D eigenvalue weighted by Gasteiger charge is 2.43. The van der Waals surface area contributed by atoms with Crippen molar-refractivity contribution >= 4 is 6.09 Å². The van der Waals surface area contributed by atoms with Gasteiger partial charge >= 0.3 is 6.09 Å². The molecule has 2 aliphatic heterocycles. The van der Waals surface area contributed by atoms with Crippen LogP contribution >= 0.6 is 0 Å². The van der Waals surface area contributed by atoms with Gasteiger partial charge in [0.25, 0.3) is 0 Å². The van der Waals surface area contributed by atoms with E-state index in [1.165, 1.54) is 5.56 Å². The van der Waals surface area contributed by atoms with Crippen molar-refractivity contribution in [3.63, 3.8) is 0 Å². The minimum absolute atomic E-state index is 0.164. The van der Waals surface area contributed by atoms with Gasteiger partial charge in [-0.1, -0.05) is 30.3 Å². The molecule has 0 aromatic heterocycles. The van der Waals surface area contributed by atoms with Crippen LogP contribution < -0.4 is 0 Å². The van der Waals surface area contributed by atoms with Gasteiger partial charge < -0.3 is 14.7 Å². The van der Waals surface area contributed by atoms with Gasteiger partial charge in [0.2, 0.25) is 0 Å². The molecule has 0 aliphatic carbocycles. The maximum Gasteiger partial charge on any atom is 0.407 e. The van der Waals surface area contributed by atoms with Gasteiger partial charge in [-0.15, -0.1) is 0 Å². The van der Waals surface area contributed by atoms with Crippen molar-refractivity contribution in [1.82, 2.24) is 4.90 Å². The first-order chi connectivity index (χ1) is 9.24. The number of carbonyl (C=O) groups is 1. The number of carboxylic acid groups (broad SMARTS) is 1. The lowest BCUT2D eigenvalue weighted by Crippen LogP contribution is -2.47. The number of rotatable bonds is 3. The van der Waals surface area contributed by atoms with Crippen LogP contribution in [0.25, 0.3) is 0 Å². The summed E-state index contributed by atoms with van der Waals surface area (Å²) in [5.74, 6) is 0. The molecule has 3 rings (SSSR count). The summed E-state index contributed by atoms with van der Waals surface area (Å²) in [6.07, 6.45) is 3.09. The minimum Gasteiger partial charge on any atom is -0.465 e. The van der Waals surface area contributed by atoms with Gasteiger partial charge in [0, 0.05) is 12.1 Å². The summed E-state index contributed by atoms with van der Waals surface area (Å²) >= 11 is 0. The van der Waals surface area contributed by atoms with Crippen LogP contribution in [0.4, 0.5) is 4.79 Å². The standard InChI is InChI=1S/C15H19NO3/c17-15(18)16-12-6-7-13(16)9-14(8-12)19-10-11-4-2-1-3-5-11/h1-5,12-14H,6-10H2,(H,17,18)/t12-,13+,14?. The lowest BCUT2D eigenvalue weighted by atomic mass is 10.0. The molecule has 1 aromatic rings. The smallest absolute Gasteiger partial charge is 0.407 e. The Labute approximate surface area is 113 Å². The zero-order chi connectivity index (χ0) is 13.2. The first-order valence-corrected chi connectivity index (χ1v) is 6.91.